The van der Waals surface area contributed by atoms with Gasteiger partial charge in [-0.15, -0.1) is 0 Å². The van der Waals surface area contributed by atoms with E-state index in [1.165, 1.54) is 4.90 Å². The van der Waals surface area contributed by atoms with E-state index in [-0.39, 0.29) is 18.0 Å². The molecule has 0 aromatic heterocycles. The van der Waals surface area contributed by atoms with E-state index in [1.54, 1.807) is 12.4 Å². The SMILES string of the molecule is CC1C[N+](=O)CC2=CN(C(N)=O)C3NC=CC=C3C21. The minimum absolute atomic E-state index is 0.211. The van der Waals surface area contributed by atoms with Crippen LogP contribution in [-0.2, 0) is 0 Å². The number of dihydropyridines is 1. The first kappa shape index (κ1) is 12.0. The molecule has 1 saturated heterocycles. The van der Waals surface area contributed by atoms with Crippen LogP contribution < -0.4 is 11.1 Å². The van der Waals surface area contributed by atoms with Crippen LogP contribution in [0.1, 0.15) is 6.92 Å². The molecular formula is C13H17N4O2+. The molecule has 0 saturated carbocycles. The van der Waals surface area contributed by atoms with Gasteiger partial charge in [-0.05, 0) is 17.8 Å². The zero-order chi connectivity index (χ0) is 13.6. The third-order valence-electron chi connectivity index (χ3n) is 3.97. The van der Waals surface area contributed by atoms with Gasteiger partial charge in [-0.25, -0.2) is 4.79 Å². The van der Waals surface area contributed by atoms with Crippen molar-refractivity contribution >= 4 is 6.03 Å². The van der Waals surface area contributed by atoms with Gasteiger partial charge in [0.05, 0.1) is 0 Å². The summed E-state index contributed by atoms with van der Waals surface area (Å²) in [5, 5.41) is 3.16. The summed E-state index contributed by atoms with van der Waals surface area (Å²) in [6, 6.07) is -0.514. The van der Waals surface area contributed by atoms with Crippen molar-refractivity contribution in [2.24, 2.45) is 17.6 Å². The van der Waals surface area contributed by atoms with Gasteiger partial charge >= 0.3 is 6.03 Å². The molecule has 3 heterocycles. The second kappa shape index (κ2) is 4.22. The van der Waals surface area contributed by atoms with Crippen LogP contribution in [0, 0.1) is 16.7 Å². The number of rotatable bonds is 0. The summed E-state index contributed by atoms with van der Waals surface area (Å²) in [6.45, 7) is 2.93. The van der Waals surface area contributed by atoms with E-state index >= 15 is 0 Å². The Morgan fingerprint density at radius 1 is 1.58 bits per heavy atom. The molecule has 6 nitrogen and oxygen atoms in total. The first-order chi connectivity index (χ1) is 9.08. The van der Waals surface area contributed by atoms with Gasteiger partial charge in [0.2, 0.25) is 6.54 Å². The maximum Gasteiger partial charge on any atom is 0.320 e. The molecule has 3 aliphatic heterocycles. The smallest absolute Gasteiger partial charge is 0.320 e. The van der Waals surface area contributed by atoms with Crippen molar-refractivity contribution in [1.82, 2.24) is 10.2 Å². The Morgan fingerprint density at radius 3 is 3.11 bits per heavy atom. The van der Waals surface area contributed by atoms with Crippen LogP contribution >= 0.6 is 0 Å². The standard InChI is InChI=1S/C13H16N4O2/c1-8-5-16(19)6-9-7-17(13(14)18)12-10(11(8)9)3-2-4-15-12/h2-4,7-8,11-12,15H,5-6H2,1H3,(H-,14,18)/p+1. The molecule has 3 rings (SSSR count). The monoisotopic (exact) mass is 261 g/mol. The van der Waals surface area contributed by atoms with E-state index in [9.17, 15) is 9.70 Å². The summed E-state index contributed by atoms with van der Waals surface area (Å²) >= 11 is 0. The third-order valence-corrected chi connectivity index (χ3v) is 3.97. The first-order valence-corrected chi connectivity index (χ1v) is 6.41. The maximum absolute atomic E-state index is 11.7. The molecule has 0 radical (unpaired) electrons. The van der Waals surface area contributed by atoms with E-state index in [4.69, 9.17) is 5.73 Å². The van der Waals surface area contributed by atoms with Gasteiger partial charge in [0.25, 0.3) is 0 Å². The van der Waals surface area contributed by atoms with Crippen molar-refractivity contribution in [2.75, 3.05) is 13.1 Å². The van der Waals surface area contributed by atoms with Crippen molar-refractivity contribution in [3.05, 3.63) is 40.6 Å². The van der Waals surface area contributed by atoms with Crippen LogP contribution in [0.4, 0.5) is 4.79 Å². The van der Waals surface area contributed by atoms with E-state index in [0.717, 1.165) is 15.9 Å². The molecule has 3 N–H and O–H groups in total. The lowest BCUT2D eigenvalue weighted by Gasteiger charge is -2.42. The molecule has 3 unspecified atom stereocenters. The number of nitroso groups, excluding NO2 is 1. The number of hydrogen-bond donors (Lipinski definition) is 2. The predicted molar refractivity (Wildman–Crippen MR) is 69.7 cm³/mol. The second-order valence-electron chi connectivity index (χ2n) is 5.32. The Morgan fingerprint density at radius 2 is 2.37 bits per heavy atom. The van der Waals surface area contributed by atoms with Gasteiger partial charge in [0.15, 0.2) is 6.54 Å². The molecule has 0 spiro atoms. The van der Waals surface area contributed by atoms with E-state index in [1.807, 2.05) is 12.2 Å². The lowest BCUT2D eigenvalue weighted by Crippen LogP contribution is -2.55. The molecule has 3 atom stereocenters. The van der Waals surface area contributed by atoms with Crippen LogP contribution in [0.2, 0.25) is 0 Å². The number of primary amides is 1. The zero-order valence-electron chi connectivity index (χ0n) is 10.7. The largest absolute Gasteiger partial charge is 0.367 e. The van der Waals surface area contributed by atoms with Crippen LogP contribution in [0.15, 0.2) is 35.7 Å². The number of piperidine rings is 1. The Labute approximate surface area is 111 Å². The Balaban J connectivity index is 2.07. The number of hydrogen-bond acceptors (Lipinski definition) is 3. The molecule has 19 heavy (non-hydrogen) atoms. The molecule has 2 amide bonds. The van der Waals surface area contributed by atoms with E-state index in [0.29, 0.717) is 13.1 Å². The molecule has 3 aliphatic rings. The first-order valence-electron chi connectivity index (χ1n) is 6.41. The van der Waals surface area contributed by atoms with Crippen LogP contribution in [0.3, 0.4) is 0 Å². The van der Waals surface area contributed by atoms with Gasteiger partial charge < -0.3 is 11.1 Å². The minimum Gasteiger partial charge on any atom is -0.367 e. The van der Waals surface area contributed by atoms with Crippen molar-refractivity contribution < 1.29 is 9.55 Å². The lowest BCUT2D eigenvalue weighted by molar-refractivity contribution is -0.557. The minimum atomic E-state index is -0.514. The number of urea groups is 1. The highest BCUT2D eigenvalue weighted by Gasteiger charge is 2.44. The zero-order valence-corrected chi connectivity index (χ0v) is 10.7. The number of nitrogens with two attached hydrogens (primary N) is 1. The Hall–Kier alpha value is -2.11. The van der Waals surface area contributed by atoms with E-state index in [2.05, 4.69) is 12.2 Å². The molecular weight excluding hydrogens is 244 g/mol. The predicted octanol–water partition coefficient (Wildman–Crippen LogP) is 0.679. The van der Waals surface area contributed by atoms with Gasteiger partial charge in [-0.3, -0.25) is 4.90 Å². The summed E-state index contributed by atoms with van der Waals surface area (Å²) in [7, 11) is 0. The summed E-state index contributed by atoms with van der Waals surface area (Å²) in [6.07, 6.45) is 7.26. The van der Waals surface area contributed by atoms with Crippen LogP contribution in [0.25, 0.3) is 0 Å². The number of carbonyl (C=O) groups excluding carboxylic acids is 1. The van der Waals surface area contributed by atoms with Gasteiger partial charge in [0, 0.05) is 33.3 Å². The van der Waals surface area contributed by atoms with Crippen molar-refractivity contribution in [1.29, 1.82) is 0 Å². The van der Waals surface area contributed by atoms with Crippen LogP contribution in [-0.4, -0.2) is 34.9 Å². The summed E-state index contributed by atoms with van der Waals surface area (Å²) in [5.74, 6) is 0.442. The van der Waals surface area contributed by atoms with Gasteiger partial charge in [-0.2, -0.15) is 0 Å². The maximum atomic E-state index is 11.7. The average molecular weight is 261 g/mol. The van der Waals surface area contributed by atoms with Gasteiger partial charge in [-0.1, -0.05) is 13.0 Å². The molecule has 0 bridgehead atoms. The molecule has 1 fully saturated rings. The summed E-state index contributed by atoms with van der Waals surface area (Å²) in [4.78, 5) is 24.7. The van der Waals surface area contributed by atoms with Crippen LogP contribution in [0.5, 0.6) is 0 Å². The number of nitrogens with one attached hydrogen (secondary N) is 1. The highest BCUT2D eigenvalue weighted by atomic mass is 16.3. The quantitative estimate of drug-likeness (QED) is 0.629. The molecule has 0 aliphatic carbocycles. The number of fused-ring (bicyclic) bond motifs is 3. The average Bonchev–Trinajstić information content (AvgIpc) is 2.36. The van der Waals surface area contributed by atoms with Crippen molar-refractivity contribution in [2.45, 2.75) is 13.1 Å². The molecule has 0 aromatic carbocycles. The van der Waals surface area contributed by atoms with Crippen molar-refractivity contribution in [3.63, 3.8) is 0 Å². The molecule has 6 heteroatoms. The number of nitrogens with zero attached hydrogens (tertiary/aromatic N) is 2. The number of allylic oxidation sites excluding steroid dienone is 2. The molecule has 100 valence electrons. The summed E-state index contributed by atoms with van der Waals surface area (Å²) < 4.78 is 1.04. The lowest BCUT2D eigenvalue weighted by atomic mass is 9.75. The normalized spacial score (nSPS) is 32.8. The number of amides is 2. The van der Waals surface area contributed by atoms with Crippen molar-refractivity contribution in [3.8, 4) is 0 Å². The van der Waals surface area contributed by atoms with E-state index < -0.39 is 6.03 Å². The third kappa shape index (κ3) is 1.83. The number of carbonyl (C=O) groups is 1. The van der Waals surface area contributed by atoms with Gasteiger partial charge in [0.1, 0.15) is 6.17 Å². The highest BCUT2D eigenvalue weighted by Crippen LogP contribution is 2.39. The fourth-order valence-electron chi connectivity index (χ4n) is 3.27. The fraction of sp³-hybridized carbons (Fsp3) is 0.462. The Kier molecular flexibility index (Phi) is 2.66. The Bertz CT molecular complexity index is 535. The summed E-state index contributed by atoms with van der Waals surface area (Å²) in [5.41, 5.74) is 7.50. The fourth-order valence-corrected chi connectivity index (χ4v) is 3.27. The highest BCUT2D eigenvalue weighted by molar-refractivity contribution is 5.75. The second-order valence-corrected chi connectivity index (χ2v) is 5.32. The molecule has 0 aromatic rings. The topological polar surface area (TPSA) is 78.4 Å².